The third kappa shape index (κ3) is 4.51. The van der Waals surface area contributed by atoms with Crippen molar-refractivity contribution in [2.75, 3.05) is 45.9 Å². The molecule has 0 aliphatic carbocycles. The largest absolute Gasteiger partial charge is 0.379 e. The molecular formula is C24H30N6O3. The summed E-state index contributed by atoms with van der Waals surface area (Å²) in [6, 6.07) is 9.74. The highest BCUT2D eigenvalue weighted by Gasteiger charge is 2.30. The molecule has 33 heavy (non-hydrogen) atoms. The minimum absolute atomic E-state index is 0.0578. The molecule has 3 aromatic rings. The number of nitrogens with one attached hydrogen (secondary N) is 2. The monoisotopic (exact) mass is 450 g/mol. The van der Waals surface area contributed by atoms with Crippen molar-refractivity contribution >= 4 is 22.7 Å². The van der Waals surface area contributed by atoms with Crippen molar-refractivity contribution < 1.29 is 14.3 Å². The van der Waals surface area contributed by atoms with E-state index in [1.807, 2.05) is 37.4 Å². The maximum Gasteiger partial charge on any atom is 0.272 e. The van der Waals surface area contributed by atoms with Crippen LogP contribution in [0.4, 0.5) is 0 Å². The van der Waals surface area contributed by atoms with Crippen molar-refractivity contribution in [1.29, 1.82) is 0 Å². The first kappa shape index (κ1) is 21.7. The number of fused-ring (bicyclic) bond motifs is 2. The Morgan fingerprint density at radius 2 is 2.00 bits per heavy atom. The van der Waals surface area contributed by atoms with E-state index in [9.17, 15) is 9.59 Å². The lowest BCUT2D eigenvalue weighted by molar-refractivity contribution is 0.0374. The van der Waals surface area contributed by atoms with E-state index in [2.05, 4.69) is 20.3 Å². The molecule has 0 radical (unpaired) electrons. The van der Waals surface area contributed by atoms with Crippen LogP contribution in [-0.4, -0.2) is 82.3 Å². The molecule has 2 aliphatic rings. The molecule has 1 fully saturated rings. The Balaban J connectivity index is 1.23. The van der Waals surface area contributed by atoms with Gasteiger partial charge in [-0.3, -0.25) is 19.2 Å². The molecule has 9 heteroatoms. The number of hydrogen-bond donors (Lipinski definition) is 2. The molecule has 174 valence electrons. The molecule has 0 unspecified atom stereocenters. The molecule has 2 aromatic heterocycles. The van der Waals surface area contributed by atoms with Gasteiger partial charge in [-0.25, -0.2) is 0 Å². The normalized spacial score (nSPS) is 16.7. The maximum absolute atomic E-state index is 13.2. The van der Waals surface area contributed by atoms with E-state index in [4.69, 9.17) is 4.74 Å². The zero-order valence-electron chi connectivity index (χ0n) is 19.0. The average molecular weight is 451 g/mol. The van der Waals surface area contributed by atoms with Gasteiger partial charge in [0, 0.05) is 61.8 Å². The van der Waals surface area contributed by atoms with Crippen LogP contribution in [0.3, 0.4) is 0 Å². The van der Waals surface area contributed by atoms with Crippen molar-refractivity contribution in [3.8, 4) is 0 Å². The summed E-state index contributed by atoms with van der Waals surface area (Å²) in [4.78, 5) is 33.5. The van der Waals surface area contributed by atoms with E-state index in [1.54, 1.807) is 9.58 Å². The lowest BCUT2D eigenvalue weighted by Crippen LogP contribution is -2.38. The van der Waals surface area contributed by atoms with Gasteiger partial charge >= 0.3 is 0 Å². The van der Waals surface area contributed by atoms with Crippen molar-refractivity contribution in [3.05, 3.63) is 53.0 Å². The second kappa shape index (κ2) is 9.36. The van der Waals surface area contributed by atoms with Crippen molar-refractivity contribution in [1.82, 2.24) is 29.9 Å². The fourth-order valence-corrected chi connectivity index (χ4v) is 4.72. The van der Waals surface area contributed by atoms with Crippen molar-refractivity contribution in [3.63, 3.8) is 0 Å². The lowest BCUT2D eigenvalue weighted by atomic mass is 10.0. The Kier molecular flexibility index (Phi) is 6.15. The van der Waals surface area contributed by atoms with Crippen LogP contribution in [0.5, 0.6) is 0 Å². The van der Waals surface area contributed by atoms with E-state index in [0.717, 1.165) is 61.4 Å². The van der Waals surface area contributed by atoms with Crippen LogP contribution >= 0.6 is 0 Å². The molecule has 4 heterocycles. The quantitative estimate of drug-likeness (QED) is 0.556. The van der Waals surface area contributed by atoms with Gasteiger partial charge in [-0.05, 0) is 25.1 Å². The topological polar surface area (TPSA) is 95.5 Å². The number of aromatic amines is 1. The molecular weight excluding hydrogens is 420 g/mol. The first-order valence-electron chi connectivity index (χ1n) is 11.6. The molecule has 5 rings (SSSR count). The molecule has 2 aliphatic heterocycles. The van der Waals surface area contributed by atoms with Crippen molar-refractivity contribution in [2.24, 2.45) is 7.05 Å². The zero-order valence-corrected chi connectivity index (χ0v) is 19.0. The predicted molar refractivity (Wildman–Crippen MR) is 124 cm³/mol. The molecule has 1 saturated heterocycles. The molecule has 2 N–H and O–H groups in total. The number of morpholine rings is 1. The van der Waals surface area contributed by atoms with Gasteiger partial charge in [-0.2, -0.15) is 5.10 Å². The molecule has 9 nitrogen and oxygen atoms in total. The van der Waals surface area contributed by atoms with Gasteiger partial charge in [0.1, 0.15) is 5.69 Å². The average Bonchev–Trinajstić information content (AvgIpc) is 3.43. The zero-order chi connectivity index (χ0) is 22.8. The fourth-order valence-electron chi connectivity index (χ4n) is 4.72. The summed E-state index contributed by atoms with van der Waals surface area (Å²) in [5, 5.41) is 8.52. The Morgan fingerprint density at radius 1 is 1.18 bits per heavy atom. The summed E-state index contributed by atoms with van der Waals surface area (Å²) >= 11 is 0. The fraction of sp³-hybridized carbons (Fsp3) is 0.458. The first-order chi connectivity index (χ1) is 16.1. The maximum atomic E-state index is 13.2. The number of rotatable bonds is 6. The van der Waals surface area contributed by atoms with Crippen LogP contribution in [-0.2, 0) is 24.8 Å². The third-order valence-corrected chi connectivity index (χ3v) is 6.55. The highest BCUT2D eigenvalue weighted by Crippen LogP contribution is 2.24. The number of amides is 2. The van der Waals surface area contributed by atoms with E-state index < -0.39 is 0 Å². The number of carbonyl (C=O) groups is 2. The standard InChI is InChI=1S/C24H30N6O3/c1-28-21-7-10-30(24(32)20-15-17-5-2-3-6-19(17)26-20)16-18(21)22(27-28)23(31)25-8-4-9-29-11-13-33-14-12-29/h2-3,5-6,15,26H,4,7-14,16H2,1H3,(H,25,31). The van der Waals surface area contributed by atoms with E-state index in [0.29, 0.717) is 37.4 Å². The van der Waals surface area contributed by atoms with Gasteiger partial charge in [-0.15, -0.1) is 0 Å². The van der Waals surface area contributed by atoms with E-state index >= 15 is 0 Å². The summed E-state index contributed by atoms with van der Waals surface area (Å²) in [5.74, 6) is -0.230. The van der Waals surface area contributed by atoms with E-state index in [-0.39, 0.29) is 11.8 Å². The molecule has 2 amide bonds. The summed E-state index contributed by atoms with van der Waals surface area (Å²) in [7, 11) is 1.86. The smallest absolute Gasteiger partial charge is 0.272 e. The highest BCUT2D eigenvalue weighted by molar-refractivity contribution is 5.98. The van der Waals surface area contributed by atoms with Gasteiger partial charge in [0.25, 0.3) is 11.8 Å². The van der Waals surface area contributed by atoms with Crippen LogP contribution in [0.15, 0.2) is 30.3 Å². The minimum atomic E-state index is -0.172. The van der Waals surface area contributed by atoms with Gasteiger partial charge in [0.15, 0.2) is 5.69 Å². The van der Waals surface area contributed by atoms with Crippen LogP contribution in [0.25, 0.3) is 10.9 Å². The Morgan fingerprint density at radius 3 is 2.82 bits per heavy atom. The van der Waals surface area contributed by atoms with Crippen LogP contribution in [0, 0.1) is 0 Å². The summed E-state index contributed by atoms with van der Waals surface area (Å²) in [5.41, 5.74) is 3.80. The third-order valence-electron chi connectivity index (χ3n) is 6.55. The second-order valence-electron chi connectivity index (χ2n) is 8.71. The number of ether oxygens (including phenoxy) is 1. The molecule has 0 saturated carbocycles. The Bertz CT molecular complexity index is 1130. The summed E-state index contributed by atoms with van der Waals surface area (Å²) in [6.45, 7) is 5.97. The highest BCUT2D eigenvalue weighted by atomic mass is 16.5. The Hall–Kier alpha value is -3.17. The molecule has 0 atom stereocenters. The van der Waals surface area contributed by atoms with Gasteiger partial charge in [0.05, 0.1) is 19.8 Å². The number of hydrogen-bond acceptors (Lipinski definition) is 5. The number of para-hydroxylation sites is 1. The first-order valence-corrected chi connectivity index (χ1v) is 11.6. The second-order valence-corrected chi connectivity index (χ2v) is 8.71. The molecule has 0 bridgehead atoms. The molecule has 0 spiro atoms. The van der Waals surface area contributed by atoms with Crippen molar-refractivity contribution in [2.45, 2.75) is 19.4 Å². The van der Waals surface area contributed by atoms with Gasteiger partial charge in [-0.1, -0.05) is 18.2 Å². The number of carbonyl (C=O) groups excluding carboxylic acids is 2. The minimum Gasteiger partial charge on any atom is -0.379 e. The summed E-state index contributed by atoms with van der Waals surface area (Å²) in [6.07, 6.45) is 1.56. The van der Waals surface area contributed by atoms with Crippen LogP contribution in [0.2, 0.25) is 0 Å². The van der Waals surface area contributed by atoms with Gasteiger partial charge < -0.3 is 19.9 Å². The number of benzene rings is 1. The van der Waals surface area contributed by atoms with Crippen LogP contribution < -0.4 is 5.32 Å². The number of aryl methyl sites for hydroxylation is 1. The lowest BCUT2D eigenvalue weighted by Gasteiger charge is -2.27. The number of H-pyrrole nitrogens is 1. The van der Waals surface area contributed by atoms with Gasteiger partial charge in [0.2, 0.25) is 0 Å². The van der Waals surface area contributed by atoms with Crippen LogP contribution in [0.1, 0.15) is 38.7 Å². The predicted octanol–water partition coefficient (Wildman–Crippen LogP) is 1.55. The SMILES string of the molecule is Cn1nc(C(=O)NCCCN2CCOCC2)c2c1CCN(C(=O)c1cc3ccccc3[nH]1)C2. The van der Waals surface area contributed by atoms with E-state index in [1.165, 1.54) is 0 Å². The number of nitrogens with zero attached hydrogens (tertiary/aromatic N) is 4. The Labute approximate surface area is 192 Å². The number of aromatic nitrogens is 3. The molecule has 1 aromatic carbocycles. The summed E-state index contributed by atoms with van der Waals surface area (Å²) < 4.78 is 7.15.